The first-order valence-electron chi connectivity index (χ1n) is 9.73. The second-order valence-electron chi connectivity index (χ2n) is 7.32. The summed E-state index contributed by atoms with van der Waals surface area (Å²) in [5, 5.41) is 0. The molecule has 2 heterocycles. The van der Waals surface area contributed by atoms with E-state index in [1.54, 1.807) is 12.1 Å². The third-order valence-electron chi connectivity index (χ3n) is 5.25. The minimum atomic E-state index is -0.226. The van der Waals surface area contributed by atoms with Gasteiger partial charge in [-0.1, -0.05) is 36.4 Å². The van der Waals surface area contributed by atoms with E-state index < -0.39 is 0 Å². The molecule has 1 aliphatic rings. The number of benzene rings is 2. The number of aromatic nitrogens is 1. The Morgan fingerprint density at radius 3 is 2.68 bits per heavy atom. The van der Waals surface area contributed by atoms with Crippen LogP contribution < -0.4 is 0 Å². The molecule has 2 aromatic carbocycles. The second kappa shape index (κ2) is 8.34. The molecule has 0 bridgehead atoms. The van der Waals surface area contributed by atoms with Crippen molar-refractivity contribution in [1.82, 2.24) is 9.88 Å². The molecule has 0 spiro atoms. The van der Waals surface area contributed by atoms with Crippen LogP contribution in [0.5, 0.6) is 0 Å². The van der Waals surface area contributed by atoms with Gasteiger partial charge in [-0.05, 0) is 54.8 Å². The Morgan fingerprint density at radius 2 is 1.86 bits per heavy atom. The van der Waals surface area contributed by atoms with Gasteiger partial charge in [0.1, 0.15) is 5.82 Å². The van der Waals surface area contributed by atoms with Crippen LogP contribution in [0.2, 0.25) is 0 Å². The molecule has 1 amide bonds. The second-order valence-corrected chi connectivity index (χ2v) is 7.32. The van der Waals surface area contributed by atoms with Gasteiger partial charge in [-0.15, -0.1) is 0 Å². The largest absolute Gasteiger partial charge is 0.338 e. The lowest BCUT2D eigenvalue weighted by molar-refractivity contribution is 0.0706. The number of halogens is 1. The van der Waals surface area contributed by atoms with Gasteiger partial charge in [0.25, 0.3) is 5.91 Å². The van der Waals surface area contributed by atoms with E-state index in [1.165, 1.54) is 6.07 Å². The smallest absolute Gasteiger partial charge is 0.253 e. The van der Waals surface area contributed by atoms with Gasteiger partial charge >= 0.3 is 0 Å². The van der Waals surface area contributed by atoms with Gasteiger partial charge in [0, 0.05) is 42.4 Å². The number of likely N-dealkylation sites (tertiary alicyclic amines) is 1. The van der Waals surface area contributed by atoms with Crippen LogP contribution in [0.4, 0.5) is 4.39 Å². The zero-order valence-corrected chi connectivity index (χ0v) is 15.7. The van der Waals surface area contributed by atoms with Crippen molar-refractivity contribution in [3.63, 3.8) is 0 Å². The molecule has 142 valence electrons. The fraction of sp³-hybridized carbons (Fsp3) is 0.250. The number of hydrogen-bond donors (Lipinski definition) is 0. The molecule has 1 fully saturated rings. The molecule has 4 rings (SSSR count). The molecular weight excluding hydrogens is 351 g/mol. The molecule has 0 aliphatic carbocycles. The van der Waals surface area contributed by atoms with Gasteiger partial charge in [0.15, 0.2) is 0 Å². The number of carbonyl (C=O) groups excluding carboxylic acids is 1. The van der Waals surface area contributed by atoms with Gasteiger partial charge < -0.3 is 4.90 Å². The predicted octanol–water partition coefficient (Wildman–Crippen LogP) is 4.83. The molecule has 0 N–H and O–H groups in total. The number of carbonyl (C=O) groups is 1. The first-order chi connectivity index (χ1) is 13.7. The molecule has 0 saturated carbocycles. The number of hydrogen-bond acceptors (Lipinski definition) is 2. The van der Waals surface area contributed by atoms with E-state index in [4.69, 9.17) is 4.98 Å². The van der Waals surface area contributed by atoms with Crippen LogP contribution >= 0.6 is 0 Å². The highest BCUT2D eigenvalue weighted by Gasteiger charge is 2.26. The summed E-state index contributed by atoms with van der Waals surface area (Å²) in [6.45, 7) is 1.47. The van der Waals surface area contributed by atoms with Crippen molar-refractivity contribution in [2.45, 2.75) is 25.2 Å². The summed E-state index contributed by atoms with van der Waals surface area (Å²) in [5.41, 5.74) is 3.58. The topological polar surface area (TPSA) is 33.2 Å². The number of amides is 1. The van der Waals surface area contributed by atoms with Crippen molar-refractivity contribution in [1.29, 1.82) is 0 Å². The molecule has 4 heteroatoms. The minimum Gasteiger partial charge on any atom is -0.338 e. The molecule has 1 atom stereocenters. The standard InChI is InChI=1S/C24H23FN2O/c25-21-11-4-7-18(15-21)16-22-12-5-13-23(26-22)20-10-6-14-27(17-20)24(28)19-8-2-1-3-9-19/h1-5,7-9,11-13,15,20H,6,10,14,16-17H2/t20-/m1/s1. The highest BCUT2D eigenvalue weighted by molar-refractivity contribution is 5.94. The number of nitrogens with zero attached hydrogens (tertiary/aromatic N) is 2. The third-order valence-corrected chi connectivity index (χ3v) is 5.25. The van der Waals surface area contributed by atoms with Gasteiger partial charge in [-0.3, -0.25) is 9.78 Å². The summed E-state index contributed by atoms with van der Waals surface area (Å²) >= 11 is 0. The summed E-state index contributed by atoms with van der Waals surface area (Å²) in [6, 6.07) is 22.1. The normalized spacial score (nSPS) is 16.8. The summed E-state index contributed by atoms with van der Waals surface area (Å²) in [7, 11) is 0. The van der Waals surface area contributed by atoms with Crippen LogP contribution in [0.1, 0.15) is 46.1 Å². The third kappa shape index (κ3) is 4.28. The SMILES string of the molecule is O=C(c1ccccc1)N1CCC[C@@H](c2cccc(Cc3cccc(F)c3)n2)C1. The summed E-state index contributed by atoms with van der Waals surface area (Å²) in [4.78, 5) is 19.5. The Morgan fingerprint density at radius 1 is 1.04 bits per heavy atom. The van der Waals surface area contributed by atoms with Crippen LogP contribution in [-0.4, -0.2) is 28.9 Å². The van der Waals surface area contributed by atoms with E-state index in [9.17, 15) is 9.18 Å². The molecule has 1 aliphatic heterocycles. The minimum absolute atomic E-state index is 0.0845. The highest BCUT2D eigenvalue weighted by Crippen LogP contribution is 2.27. The van der Waals surface area contributed by atoms with E-state index in [0.717, 1.165) is 41.9 Å². The van der Waals surface area contributed by atoms with Gasteiger partial charge in [0.2, 0.25) is 0 Å². The molecule has 3 nitrogen and oxygen atoms in total. The summed E-state index contributed by atoms with van der Waals surface area (Å²) in [6.07, 6.45) is 2.60. The van der Waals surface area contributed by atoms with E-state index in [1.807, 2.05) is 59.5 Å². The zero-order chi connectivity index (χ0) is 19.3. The molecule has 0 unspecified atom stereocenters. The van der Waals surface area contributed by atoms with Crippen molar-refractivity contribution >= 4 is 5.91 Å². The van der Waals surface area contributed by atoms with Gasteiger partial charge in [0.05, 0.1) is 0 Å². The lowest BCUT2D eigenvalue weighted by atomic mass is 9.93. The number of piperidine rings is 1. The van der Waals surface area contributed by atoms with E-state index in [-0.39, 0.29) is 17.6 Å². The van der Waals surface area contributed by atoms with E-state index in [2.05, 4.69) is 0 Å². The molecular formula is C24H23FN2O. The van der Waals surface area contributed by atoms with Crippen molar-refractivity contribution in [2.24, 2.45) is 0 Å². The van der Waals surface area contributed by atoms with Crippen LogP contribution in [0.25, 0.3) is 0 Å². The fourth-order valence-electron chi connectivity index (χ4n) is 3.85. The van der Waals surface area contributed by atoms with Crippen LogP contribution in [0.15, 0.2) is 72.8 Å². The zero-order valence-electron chi connectivity index (χ0n) is 15.7. The average molecular weight is 374 g/mol. The first-order valence-corrected chi connectivity index (χ1v) is 9.73. The maximum Gasteiger partial charge on any atom is 0.253 e. The quantitative estimate of drug-likeness (QED) is 0.655. The Hall–Kier alpha value is -3.01. The summed E-state index contributed by atoms with van der Waals surface area (Å²) < 4.78 is 13.4. The van der Waals surface area contributed by atoms with Gasteiger partial charge in [-0.2, -0.15) is 0 Å². The number of rotatable bonds is 4. The molecule has 28 heavy (non-hydrogen) atoms. The van der Waals surface area contributed by atoms with E-state index in [0.29, 0.717) is 13.0 Å². The van der Waals surface area contributed by atoms with Gasteiger partial charge in [-0.25, -0.2) is 4.39 Å². The maximum atomic E-state index is 13.4. The maximum absolute atomic E-state index is 13.4. The Bertz CT molecular complexity index is 958. The van der Waals surface area contributed by atoms with Crippen LogP contribution in [0.3, 0.4) is 0 Å². The van der Waals surface area contributed by atoms with E-state index >= 15 is 0 Å². The Kier molecular flexibility index (Phi) is 5.47. The molecule has 0 radical (unpaired) electrons. The summed E-state index contributed by atoms with van der Waals surface area (Å²) in [5.74, 6) is 0.0890. The fourth-order valence-corrected chi connectivity index (χ4v) is 3.85. The molecule has 1 aromatic heterocycles. The lowest BCUT2D eigenvalue weighted by Gasteiger charge is -2.32. The Labute approximate surface area is 164 Å². The lowest BCUT2D eigenvalue weighted by Crippen LogP contribution is -2.39. The van der Waals surface area contributed by atoms with Crippen LogP contribution in [-0.2, 0) is 6.42 Å². The monoisotopic (exact) mass is 374 g/mol. The van der Waals surface area contributed by atoms with Crippen molar-refractivity contribution in [3.05, 3.63) is 101 Å². The highest BCUT2D eigenvalue weighted by atomic mass is 19.1. The van der Waals surface area contributed by atoms with Crippen molar-refractivity contribution in [2.75, 3.05) is 13.1 Å². The molecule has 3 aromatic rings. The van der Waals surface area contributed by atoms with Crippen molar-refractivity contribution < 1.29 is 9.18 Å². The molecule has 1 saturated heterocycles. The van der Waals surface area contributed by atoms with Crippen molar-refractivity contribution in [3.8, 4) is 0 Å². The van der Waals surface area contributed by atoms with Crippen LogP contribution in [0, 0.1) is 5.82 Å². The average Bonchev–Trinajstić information content (AvgIpc) is 2.74. The number of pyridine rings is 1. The predicted molar refractivity (Wildman–Crippen MR) is 108 cm³/mol. The first kappa shape index (κ1) is 18.4. The Balaban J connectivity index is 1.48.